The van der Waals surface area contributed by atoms with E-state index in [1.54, 1.807) is 0 Å². The van der Waals surface area contributed by atoms with Gasteiger partial charge >= 0.3 is 6.18 Å². The number of aromatic nitrogens is 2. The molecule has 3 rings (SSSR count). The molecule has 0 amide bonds. The molecule has 8 heteroatoms. The third kappa shape index (κ3) is 3.45. The lowest BCUT2D eigenvalue weighted by Crippen LogP contribution is -2.43. The summed E-state index contributed by atoms with van der Waals surface area (Å²) in [6.07, 6.45) is -4.35. The van der Waals surface area contributed by atoms with Gasteiger partial charge in [-0.2, -0.15) is 18.2 Å². The van der Waals surface area contributed by atoms with Crippen LogP contribution in [0.1, 0.15) is 11.4 Å². The van der Waals surface area contributed by atoms with Gasteiger partial charge in [0.15, 0.2) is 5.82 Å². The lowest BCUT2D eigenvalue weighted by atomic mass is 10.1. The highest BCUT2D eigenvalue weighted by molar-refractivity contribution is 5.53. The van der Waals surface area contributed by atoms with Crippen LogP contribution >= 0.6 is 0 Å². The summed E-state index contributed by atoms with van der Waals surface area (Å²) in [6.45, 7) is 4.23. The SMILES string of the molecule is FC(F)(F)c1ccc(-c2nc(CN3CCNCC3)no2)cc1. The largest absolute Gasteiger partial charge is 0.416 e. The van der Waals surface area contributed by atoms with E-state index in [1.165, 1.54) is 12.1 Å². The van der Waals surface area contributed by atoms with Crippen molar-refractivity contribution < 1.29 is 17.7 Å². The number of nitrogens with one attached hydrogen (secondary N) is 1. The Hall–Kier alpha value is -1.93. The van der Waals surface area contributed by atoms with Crippen molar-refractivity contribution in [2.75, 3.05) is 26.2 Å². The standard InChI is InChI=1S/C14H15F3N4O/c15-14(16,17)11-3-1-10(2-4-11)13-19-12(20-22-13)9-21-7-5-18-6-8-21/h1-4,18H,5-9H2. The Morgan fingerprint density at radius 1 is 1.14 bits per heavy atom. The molecule has 1 aliphatic heterocycles. The molecule has 0 atom stereocenters. The van der Waals surface area contributed by atoms with E-state index >= 15 is 0 Å². The molecule has 0 unspecified atom stereocenters. The first-order chi connectivity index (χ1) is 10.5. The van der Waals surface area contributed by atoms with Gasteiger partial charge in [-0.25, -0.2) is 0 Å². The lowest BCUT2D eigenvalue weighted by Gasteiger charge is -2.25. The molecule has 118 valence electrons. The van der Waals surface area contributed by atoms with Crippen LogP contribution in [0, 0.1) is 0 Å². The van der Waals surface area contributed by atoms with E-state index in [1.807, 2.05) is 0 Å². The highest BCUT2D eigenvalue weighted by Crippen LogP contribution is 2.30. The van der Waals surface area contributed by atoms with Crippen LogP contribution in [-0.4, -0.2) is 41.2 Å². The topological polar surface area (TPSA) is 54.2 Å². The molecule has 0 saturated carbocycles. The summed E-state index contributed by atoms with van der Waals surface area (Å²) in [5, 5.41) is 7.14. The molecule has 1 aromatic heterocycles. The first-order valence-electron chi connectivity index (χ1n) is 6.96. The smallest absolute Gasteiger partial charge is 0.334 e. The van der Waals surface area contributed by atoms with Crippen LogP contribution in [0.25, 0.3) is 11.5 Å². The summed E-state index contributed by atoms with van der Waals surface area (Å²) in [4.78, 5) is 6.44. The van der Waals surface area contributed by atoms with Crippen LogP contribution in [0.5, 0.6) is 0 Å². The quantitative estimate of drug-likeness (QED) is 0.941. The number of hydrogen-bond donors (Lipinski definition) is 1. The molecule has 0 bridgehead atoms. The number of halogens is 3. The normalized spacial score (nSPS) is 16.9. The van der Waals surface area contributed by atoms with E-state index in [-0.39, 0.29) is 5.89 Å². The number of piperazine rings is 1. The first-order valence-corrected chi connectivity index (χ1v) is 6.96. The zero-order valence-corrected chi connectivity index (χ0v) is 11.7. The van der Waals surface area contributed by atoms with Crippen molar-refractivity contribution in [1.82, 2.24) is 20.4 Å². The summed E-state index contributed by atoms with van der Waals surface area (Å²) in [5.41, 5.74) is -0.219. The third-order valence-electron chi connectivity index (χ3n) is 3.50. The van der Waals surface area contributed by atoms with Crippen LogP contribution in [0.3, 0.4) is 0 Å². The van der Waals surface area contributed by atoms with Crippen molar-refractivity contribution in [3.63, 3.8) is 0 Å². The van der Waals surface area contributed by atoms with Crippen molar-refractivity contribution in [2.45, 2.75) is 12.7 Å². The van der Waals surface area contributed by atoms with E-state index in [0.717, 1.165) is 38.3 Å². The van der Waals surface area contributed by atoms with Gasteiger partial charge in [-0.1, -0.05) is 5.16 Å². The predicted molar refractivity (Wildman–Crippen MR) is 72.9 cm³/mol. The Labute approximate surface area is 125 Å². The molecule has 2 heterocycles. The van der Waals surface area contributed by atoms with E-state index < -0.39 is 11.7 Å². The Kier molecular flexibility index (Phi) is 4.12. The minimum absolute atomic E-state index is 0.235. The summed E-state index contributed by atoms with van der Waals surface area (Å²) >= 11 is 0. The van der Waals surface area contributed by atoms with Crippen molar-refractivity contribution in [3.8, 4) is 11.5 Å². The predicted octanol–water partition coefficient (Wildman–Crippen LogP) is 2.16. The second-order valence-corrected chi connectivity index (χ2v) is 5.12. The Morgan fingerprint density at radius 3 is 2.45 bits per heavy atom. The van der Waals surface area contributed by atoms with Gasteiger partial charge in [-0.05, 0) is 24.3 Å². The van der Waals surface area contributed by atoms with Gasteiger partial charge < -0.3 is 9.84 Å². The van der Waals surface area contributed by atoms with Gasteiger partial charge in [0, 0.05) is 31.7 Å². The maximum absolute atomic E-state index is 12.5. The molecule has 1 aromatic carbocycles. The summed E-state index contributed by atoms with van der Waals surface area (Å²) in [5.74, 6) is 0.774. The molecular formula is C14H15F3N4O. The Bertz CT molecular complexity index is 618. The molecule has 1 fully saturated rings. The average Bonchev–Trinajstić information content (AvgIpc) is 2.96. The van der Waals surface area contributed by atoms with Gasteiger partial charge in [0.2, 0.25) is 0 Å². The minimum atomic E-state index is -4.35. The first kappa shape index (κ1) is 15.0. The molecule has 2 aromatic rings. The number of rotatable bonds is 3. The third-order valence-corrected chi connectivity index (χ3v) is 3.50. The van der Waals surface area contributed by atoms with Crippen LogP contribution in [-0.2, 0) is 12.7 Å². The molecule has 0 spiro atoms. The number of nitrogens with zero attached hydrogens (tertiary/aromatic N) is 3. The zero-order chi connectivity index (χ0) is 15.6. The van der Waals surface area contributed by atoms with Crippen LogP contribution in [0.4, 0.5) is 13.2 Å². The number of alkyl halides is 3. The van der Waals surface area contributed by atoms with E-state index in [9.17, 15) is 13.2 Å². The fourth-order valence-corrected chi connectivity index (χ4v) is 2.31. The fraction of sp³-hybridized carbons (Fsp3) is 0.429. The summed E-state index contributed by atoms with van der Waals surface area (Å²) in [7, 11) is 0. The zero-order valence-electron chi connectivity index (χ0n) is 11.7. The van der Waals surface area contributed by atoms with Gasteiger partial charge in [0.05, 0.1) is 12.1 Å². The minimum Gasteiger partial charge on any atom is -0.334 e. The van der Waals surface area contributed by atoms with Crippen molar-refractivity contribution in [2.24, 2.45) is 0 Å². The van der Waals surface area contributed by atoms with E-state index in [0.29, 0.717) is 17.9 Å². The van der Waals surface area contributed by atoms with E-state index in [2.05, 4.69) is 20.4 Å². The number of benzene rings is 1. The maximum Gasteiger partial charge on any atom is 0.416 e. The van der Waals surface area contributed by atoms with Crippen molar-refractivity contribution in [3.05, 3.63) is 35.7 Å². The molecule has 0 radical (unpaired) electrons. The van der Waals surface area contributed by atoms with Gasteiger partial charge in [-0.15, -0.1) is 0 Å². The molecule has 1 saturated heterocycles. The Balaban J connectivity index is 1.70. The van der Waals surface area contributed by atoms with Crippen molar-refractivity contribution >= 4 is 0 Å². The Morgan fingerprint density at radius 2 is 1.82 bits per heavy atom. The molecule has 5 nitrogen and oxygen atoms in total. The lowest BCUT2D eigenvalue weighted by molar-refractivity contribution is -0.137. The van der Waals surface area contributed by atoms with Gasteiger partial charge in [0.1, 0.15) is 0 Å². The van der Waals surface area contributed by atoms with Gasteiger partial charge in [0.25, 0.3) is 5.89 Å². The molecule has 22 heavy (non-hydrogen) atoms. The van der Waals surface area contributed by atoms with Crippen LogP contribution in [0.2, 0.25) is 0 Å². The molecule has 1 N–H and O–H groups in total. The summed E-state index contributed by atoms with van der Waals surface area (Å²) < 4.78 is 42.7. The average molecular weight is 312 g/mol. The van der Waals surface area contributed by atoms with E-state index in [4.69, 9.17) is 4.52 Å². The van der Waals surface area contributed by atoms with Crippen LogP contribution < -0.4 is 5.32 Å². The second kappa shape index (κ2) is 6.05. The monoisotopic (exact) mass is 312 g/mol. The molecule has 1 aliphatic rings. The van der Waals surface area contributed by atoms with Crippen LogP contribution in [0.15, 0.2) is 28.8 Å². The highest BCUT2D eigenvalue weighted by Gasteiger charge is 2.30. The van der Waals surface area contributed by atoms with Crippen molar-refractivity contribution in [1.29, 1.82) is 0 Å². The number of hydrogen-bond acceptors (Lipinski definition) is 5. The fourth-order valence-electron chi connectivity index (χ4n) is 2.31. The maximum atomic E-state index is 12.5. The second-order valence-electron chi connectivity index (χ2n) is 5.12. The van der Waals surface area contributed by atoms with Gasteiger partial charge in [-0.3, -0.25) is 4.90 Å². The highest BCUT2D eigenvalue weighted by atomic mass is 19.4. The molecular weight excluding hydrogens is 297 g/mol. The summed E-state index contributed by atoms with van der Waals surface area (Å²) in [6, 6.07) is 4.70. The molecule has 0 aliphatic carbocycles.